The van der Waals surface area contributed by atoms with Gasteiger partial charge in [0.05, 0.1) is 25.1 Å². The predicted molar refractivity (Wildman–Crippen MR) is 96.7 cm³/mol. The lowest BCUT2D eigenvalue weighted by molar-refractivity contribution is -0.120. The molecular weight excluding hydrogens is 316 g/mol. The molecule has 1 N–H and O–H groups in total. The molecular formula is C20H22N2O3. The van der Waals surface area contributed by atoms with Crippen molar-refractivity contribution in [3.63, 3.8) is 0 Å². The van der Waals surface area contributed by atoms with Crippen LogP contribution in [0.4, 0.5) is 5.69 Å². The quantitative estimate of drug-likeness (QED) is 0.932. The maximum Gasteiger partial charge on any atom is 0.230 e. The summed E-state index contributed by atoms with van der Waals surface area (Å²) in [5.74, 6) is 0.640. The van der Waals surface area contributed by atoms with E-state index in [2.05, 4.69) is 5.32 Å². The van der Waals surface area contributed by atoms with Gasteiger partial charge in [-0.05, 0) is 30.2 Å². The summed E-state index contributed by atoms with van der Waals surface area (Å²) in [6, 6.07) is 13.6. The van der Waals surface area contributed by atoms with Crippen LogP contribution in [0.25, 0.3) is 0 Å². The summed E-state index contributed by atoms with van der Waals surface area (Å²) in [6.07, 6.45) is 0.624. The van der Waals surface area contributed by atoms with E-state index < -0.39 is 0 Å². The average molecular weight is 338 g/mol. The molecule has 25 heavy (non-hydrogen) atoms. The number of rotatable bonds is 4. The van der Waals surface area contributed by atoms with E-state index >= 15 is 0 Å². The average Bonchev–Trinajstić information content (AvgIpc) is 2.74. The molecule has 2 aromatic rings. The lowest BCUT2D eigenvalue weighted by Gasteiger charge is -2.17. The zero-order valence-corrected chi connectivity index (χ0v) is 14.5. The first kappa shape index (κ1) is 17.0. The van der Waals surface area contributed by atoms with Crippen molar-refractivity contribution < 1.29 is 14.3 Å². The molecule has 0 unspecified atom stereocenters. The summed E-state index contributed by atoms with van der Waals surface area (Å²) in [5, 5.41) is 2.93. The molecule has 1 aliphatic heterocycles. The highest BCUT2D eigenvalue weighted by atomic mass is 16.5. The van der Waals surface area contributed by atoms with Gasteiger partial charge in [0.15, 0.2) is 0 Å². The second-order valence-corrected chi connectivity index (χ2v) is 6.29. The Kier molecular flexibility index (Phi) is 5.03. The Morgan fingerprint density at radius 1 is 1.16 bits per heavy atom. The fraction of sp³-hybridized carbons (Fsp3) is 0.300. The molecule has 2 amide bonds. The molecule has 5 nitrogen and oxygen atoms in total. The van der Waals surface area contributed by atoms with Gasteiger partial charge in [0.2, 0.25) is 11.8 Å². The summed E-state index contributed by atoms with van der Waals surface area (Å²) in [5.41, 5.74) is 3.83. The highest BCUT2D eigenvalue weighted by molar-refractivity contribution is 5.95. The van der Waals surface area contributed by atoms with Crippen molar-refractivity contribution in [1.29, 1.82) is 0 Å². The smallest absolute Gasteiger partial charge is 0.230 e. The number of hydrogen-bond donors (Lipinski definition) is 1. The number of nitrogens with one attached hydrogen (secondary N) is 1. The fourth-order valence-electron chi connectivity index (χ4n) is 2.76. The van der Waals surface area contributed by atoms with Crippen LogP contribution in [0.3, 0.4) is 0 Å². The third-order valence-corrected chi connectivity index (χ3v) is 4.31. The van der Waals surface area contributed by atoms with Gasteiger partial charge in [-0.2, -0.15) is 0 Å². The number of benzene rings is 2. The minimum Gasteiger partial charge on any atom is -0.491 e. The zero-order chi connectivity index (χ0) is 17.8. The van der Waals surface area contributed by atoms with Gasteiger partial charge in [-0.1, -0.05) is 35.9 Å². The zero-order valence-electron chi connectivity index (χ0n) is 14.5. The van der Waals surface area contributed by atoms with E-state index in [4.69, 9.17) is 4.74 Å². The Bertz CT molecular complexity index is 784. The third kappa shape index (κ3) is 4.18. The first-order chi connectivity index (χ1) is 12.0. The number of anilines is 1. The Balaban J connectivity index is 1.64. The van der Waals surface area contributed by atoms with Crippen molar-refractivity contribution in [1.82, 2.24) is 5.32 Å². The Hall–Kier alpha value is -2.82. The van der Waals surface area contributed by atoms with Gasteiger partial charge in [-0.25, -0.2) is 0 Å². The summed E-state index contributed by atoms with van der Waals surface area (Å²) in [6.45, 7) is 2.92. The molecule has 0 aliphatic carbocycles. The van der Waals surface area contributed by atoms with Crippen LogP contribution < -0.4 is 15.0 Å². The van der Waals surface area contributed by atoms with Crippen molar-refractivity contribution in [2.75, 3.05) is 18.6 Å². The highest BCUT2D eigenvalue weighted by Crippen LogP contribution is 2.31. The van der Waals surface area contributed by atoms with Crippen molar-refractivity contribution in [3.8, 4) is 5.75 Å². The number of fused-ring (bicyclic) bond motifs is 1. The first-order valence-electron chi connectivity index (χ1n) is 8.37. The third-order valence-electron chi connectivity index (χ3n) is 4.31. The number of ether oxygens (including phenoxy) is 1. The minimum absolute atomic E-state index is 0.0136. The molecule has 0 radical (unpaired) electrons. The topological polar surface area (TPSA) is 58.6 Å². The fourth-order valence-corrected chi connectivity index (χ4v) is 2.76. The van der Waals surface area contributed by atoms with Gasteiger partial charge in [0, 0.05) is 13.6 Å². The highest BCUT2D eigenvalue weighted by Gasteiger charge is 2.20. The van der Waals surface area contributed by atoms with Crippen molar-refractivity contribution >= 4 is 17.5 Å². The first-order valence-corrected chi connectivity index (χ1v) is 8.37. The number of amides is 2. The molecule has 1 heterocycles. The molecule has 1 aliphatic rings. The molecule has 5 heteroatoms. The van der Waals surface area contributed by atoms with Gasteiger partial charge >= 0.3 is 0 Å². The standard InChI is InChI=1S/C20H22N2O3/c1-14-3-5-15(6-4-14)13-21-19(23)12-16-7-8-18-17(11-16)22(2)20(24)9-10-25-18/h3-8,11H,9-10,12-13H2,1-2H3,(H,21,23). The summed E-state index contributed by atoms with van der Waals surface area (Å²) < 4.78 is 5.60. The van der Waals surface area contributed by atoms with Crippen LogP contribution in [0.2, 0.25) is 0 Å². The van der Waals surface area contributed by atoms with Crippen LogP contribution in [-0.2, 0) is 22.6 Å². The SMILES string of the molecule is Cc1ccc(CNC(=O)Cc2ccc3c(c2)N(C)C(=O)CCO3)cc1. The maximum atomic E-state index is 12.2. The monoisotopic (exact) mass is 338 g/mol. The normalized spacial score (nSPS) is 13.7. The van der Waals surface area contributed by atoms with E-state index in [9.17, 15) is 9.59 Å². The summed E-state index contributed by atoms with van der Waals surface area (Å²) in [4.78, 5) is 25.8. The van der Waals surface area contributed by atoms with Crippen molar-refractivity contribution in [2.24, 2.45) is 0 Å². The van der Waals surface area contributed by atoms with Crippen LogP contribution in [0, 0.1) is 6.92 Å². The van der Waals surface area contributed by atoms with Crippen LogP contribution in [0.5, 0.6) is 5.75 Å². The Morgan fingerprint density at radius 2 is 1.88 bits per heavy atom. The van der Waals surface area contributed by atoms with E-state index in [0.29, 0.717) is 31.0 Å². The molecule has 0 fully saturated rings. The molecule has 0 spiro atoms. The van der Waals surface area contributed by atoms with Gasteiger partial charge in [-0.15, -0.1) is 0 Å². The lowest BCUT2D eigenvalue weighted by atomic mass is 10.1. The van der Waals surface area contributed by atoms with E-state index in [1.165, 1.54) is 5.56 Å². The van der Waals surface area contributed by atoms with Gasteiger partial charge in [0.1, 0.15) is 5.75 Å². The molecule has 2 aromatic carbocycles. The number of aryl methyl sites for hydroxylation is 1. The van der Waals surface area contributed by atoms with E-state index in [1.54, 1.807) is 11.9 Å². The van der Waals surface area contributed by atoms with Crippen LogP contribution in [0.15, 0.2) is 42.5 Å². The molecule has 0 bridgehead atoms. The van der Waals surface area contributed by atoms with Crippen LogP contribution >= 0.6 is 0 Å². The molecule has 0 atom stereocenters. The second kappa shape index (κ2) is 7.38. The van der Waals surface area contributed by atoms with Gasteiger partial charge in [-0.3, -0.25) is 9.59 Å². The summed E-state index contributed by atoms with van der Waals surface area (Å²) in [7, 11) is 1.73. The summed E-state index contributed by atoms with van der Waals surface area (Å²) >= 11 is 0. The van der Waals surface area contributed by atoms with Crippen molar-refractivity contribution in [2.45, 2.75) is 26.3 Å². The van der Waals surface area contributed by atoms with Crippen LogP contribution in [0.1, 0.15) is 23.1 Å². The number of carbonyl (C=O) groups is 2. The number of nitrogens with zero attached hydrogens (tertiary/aromatic N) is 1. The molecule has 0 saturated heterocycles. The van der Waals surface area contributed by atoms with Gasteiger partial charge in [0.25, 0.3) is 0 Å². The Labute approximate surface area is 147 Å². The molecule has 0 aromatic heterocycles. The van der Waals surface area contributed by atoms with E-state index in [0.717, 1.165) is 11.1 Å². The number of carbonyl (C=O) groups excluding carboxylic acids is 2. The molecule has 0 saturated carbocycles. The van der Waals surface area contributed by atoms with Gasteiger partial charge < -0.3 is 15.0 Å². The lowest BCUT2D eigenvalue weighted by Crippen LogP contribution is -2.26. The number of hydrogen-bond acceptors (Lipinski definition) is 3. The van der Waals surface area contributed by atoms with Crippen LogP contribution in [-0.4, -0.2) is 25.5 Å². The maximum absolute atomic E-state index is 12.2. The predicted octanol–water partition coefficient (Wildman–Crippen LogP) is 2.60. The molecule has 130 valence electrons. The minimum atomic E-state index is -0.0518. The molecule has 3 rings (SSSR count). The largest absolute Gasteiger partial charge is 0.491 e. The Morgan fingerprint density at radius 3 is 2.64 bits per heavy atom. The second-order valence-electron chi connectivity index (χ2n) is 6.29. The van der Waals surface area contributed by atoms with E-state index in [1.807, 2.05) is 49.4 Å². The van der Waals surface area contributed by atoms with Crippen molar-refractivity contribution in [3.05, 3.63) is 59.2 Å². The van der Waals surface area contributed by atoms with E-state index in [-0.39, 0.29) is 18.2 Å².